The summed E-state index contributed by atoms with van der Waals surface area (Å²) in [6.07, 6.45) is 2.96. The molecule has 11 heteroatoms. The molecule has 0 N–H and O–H groups in total. The molecule has 3 aromatic rings. The minimum Gasteiger partial charge on any atom is -0.496 e. The first-order valence-electron chi connectivity index (χ1n) is 13.2. The Labute approximate surface area is 256 Å². The van der Waals surface area contributed by atoms with Crippen molar-refractivity contribution in [2.24, 2.45) is 4.99 Å². The second-order valence-corrected chi connectivity index (χ2v) is 11.8. The molecular formula is C30H32BrClN2O6S. The van der Waals surface area contributed by atoms with Gasteiger partial charge in [0, 0.05) is 0 Å². The van der Waals surface area contributed by atoms with Crippen LogP contribution in [0.25, 0.3) is 6.08 Å². The van der Waals surface area contributed by atoms with Crippen molar-refractivity contribution in [2.75, 3.05) is 20.8 Å². The van der Waals surface area contributed by atoms with E-state index in [9.17, 15) is 9.59 Å². The molecule has 0 fully saturated rings. The van der Waals surface area contributed by atoms with Crippen LogP contribution >= 0.6 is 38.9 Å². The van der Waals surface area contributed by atoms with Gasteiger partial charge in [-0.15, -0.1) is 0 Å². The lowest BCUT2D eigenvalue weighted by Crippen LogP contribution is -2.40. The van der Waals surface area contributed by atoms with Crippen molar-refractivity contribution in [3.05, 3.63) is 81.9 Å². The van der Waals surface area contributed by atoms with E-state index in [0.717, 1.165) is 12.0 Å². The molecule has 1 aliphatic heterocycles. The van der Waals surface area contributed by atoms with Gasteiger partial charge in [0.25, 0.3) is 5.56 Å². The van der Waals surface area contributed by atoms with Gasteiger partial charge in [-0.25, -0.2) is 9.79 Å². The lowest BCUT2D eigenvalue weighted by Gasteiger charge is -2.26. The van der Waals surface area contributed by atoms with E-state index in [4.69, 9.17) is 35.5 Å². The molecule has 0 radical (unpaired) electrons. The number of rotatable bonds is 10. The van der Waals surface area contributed by atoms with E-state index in [1.807, 2.05) is 32.9 Å². The molecule has 0 spiro atoms. The van der Waals surface area contributed by atoms with E-state index in [1.165, 1.54) is 18.4 Å². The number of nitrogens with zero attached hydrogens (tertiary/aromatic N) is 2. The molecule has 8 nitrogen and oxygen atoms in total. The highest BCUT2D eigenvalue weighted by Crippen LogP contribution is 2.38. The lowest BCUT2D eigenvalue weighted by molar-refractivity contribution is -0.139. The Balaban J connectivity index is 1.97. The van der Waals surface area contributed by atoms with Crippen LogP contribution in [-0.2, 0) is 9.53 Å². The highest BCUT2D eigenvalue weighted by Gasteiger charge is 2.34. The van der Waals surface area contributed by atoms with Crippen LogP contribution < -0.4 is 29.1 Å². The number of halogens is 2. The smallest absolute Gasteiger partial charge is 0.338 e. The molecule has 0 saturated heterocycles. The number of ether oxygens (including phenoxy) is 4. The summed E-state index contributed by atoms with van der Waals surface area (Å²) in [5, 5.41) is 0.368. The zero-order chi connectivity index (χ0) is 29.8. The van der Waals surface area contributed by atoms with E-state index in [1.54, 1.807) is 42.9 Å². The number of esters is 1. The van der Waals surface area contributed by atoms with Crippen LogP contribution in [0.1, 0.15) is 57.7 Å². The molecule has 4 rings (SSSR count). The highest BCUT2D eigenvalue weighted by atomic mass is 79.9. The molecule has 1 aliphatic rings. The second-order valence-electron chi connectivity index (χ2n) is 9.51. The van der Waals surface area contributed by atoms with E-state index >= 15 is 0 Å². The molecule has 41 heavy (non-hydrogen) atoms. The first-order chi connectivity index (χ1) is 19.6. The summed E-state index contributed by atoms with van der Waals surface area (Å²) in [6.45, 7) is 7.77. The van der Waals surface area contributed by atoms with Crippen molar-refractivity contribution >= 4 is 50.9 Å². The predicted octanol–water partition coefficient (Wildman–Crippen LogP) is 5.80. The molecule has 218 valence electrons. The third kappa shape index (κ3) is 6.39. The predicted molar refractivity (Wildman–Crippen MR) is 164 cm³/mol. The standard InChI is InChI=1S/C30H32BrClN2O6S/c1-7-9-21-25(29(36)39-8-2)26(18-10-11-22(37-5)19(31)15-18)34-28(35)24(41-30(34)33-21)14-17-12-20(32)27(40-16(3)4)23(13-17)38-6/h10-16,26H,7-9H2,1-6H3/b24-14-/t26-/m0/s1. The summed E-state index contributed by atoms with van der Waals surface area (Å²) in [7, 11) is 3.12. The van der Waals surface area contributed by atoms with Gasteiger partial charge in [0.2, 0.25) is 0 Å². The van der Waals surface area contributed by atoms with Gasteiger partial charge in [0.15, 0.2) is 16.3 Å². The Bertz CT molecular complexity index is 1680. The van der Waals surface area contributed by atoms with Crippen molar-refractivity contribution in [3.63, 3.8) is 0 Å². The van der Waals surface area contributed by atoms with Gasteiger partial charge in [-0.2, -0.15) is 0 Å². The minimum absolute atomic E-state index is 0.0974. The first-order valence-corrected chi connectivity index (χ1v) is 15.2. The SMILES string of the molecule is CCCC1=C(C(=O)OCC)[C@H](c2ccc(OC)c(Br)c2)n2c(s/c(=C\c3cc(Cl)c(OC(C)C)c(OC)c3)c2=O)=N1. The number of thiazole rings is 1. The zero-order valence-electron chi connectivity index (χ0n) is 23.7. The largest absolute Gasteiger partial charge is 0.496 e. The van der Waals surface area contributed by atoms with E-state index in [0.29, 0.717) is 59.3 Å². The van der Waals surface area contributed by atoms with E-state index in [2.05, 4.69) is 15.9 Å². The van der Waals surface area contributed by atoms with Crippen LogP contribution in [0.15, 0.2) is 55.9 Å². The number of methoxy groups -OCH3 is 2. The quantitative estimate of drug-likeness (QED) is 0.255. The van der Waals surface area contributed by atoms with Crippen LogP contribution in [0.2, 0.25) is 5.02 Å². The van der Waals surface area contributed by atoms with Crippen molar-refractivity contribution in [1.29, 1.82) is 0 Å². The molecule has 2 aromatic carbocycles. The van der Waals surface area contributed by atoms with Gasteiger partial charge in [-0.3, -0.25) is 9.36 Å². The van der Waals surface area contributed by atoms with Gasteiger partial charge >= 0.3 is 5.97 Å². The summed E-state index contributed by atoms with van der Waals surface area (Å²) in [5.41, 5.74) is 2.05. The first kappa shape index (κ1) is 30.9. The maximum absolute atomic E-state index is 14.0. The second kappa shape index (κ2) is 13.3. The molecular weight excluding hydrogens is 632 g/mol. The topological polar surface area (TPSA) is 88.4 Å². The van der Waals surface area contributed by atoms with Gasteiger partial charge in [0.05, 0.1) is 58.3 Å². The summed E-state index contributed by atoms with van der Waals surface area (Å²) >= 11 is 11.3. The third-order valence-corrected chi connectivity index (χ3v) is 8.17. The summed E-state index contributed by atoms with van der Waals surface area (Å²) in [4.78, 5) is 32.7. The van der Waals surface area contributed by atoms with Crippen molar-refractivity contribution in [1.82, 2.24) is 4.57 Å². The molecule has 0 unspecified atom stereocenters. The Morgan fingerprint density at radius 1 is 1.17 bits per heavy atom. The van der Waals surface area contributed by atoms with Gasteiger partial charge in [-0.05, 0) is 84.6 Å². The maximum atomic E-state index is 14.0. The lowest BCUT2D eigenvalue weighted by atomic mass is 9.94. The number of benzene rings is 2. The monoisotopic (exact) mass is 662 g/mol. The van der Waals surface area contributed by atoms with Gasteiger partial charge in [-0.1, -0.05) is 42.3 Å². The summed E-state index contributed by atoms with van der Waals surface area (Å²) in [5.74, 6) is 1.03. The Morgan fingerprint density at radius 2 is 1.90 bits per heavy atom. The van der Waals surface area contributed by atoms with Gasteiger partial charge in [0.1, 0.15) is 5.75 Å². The summed E-state index contributed by atoms with van der Waals surface area (Å²) < 4.78 is 24.9. The third-order valence-electron chi connectivity index (χ3n) is 6.29. The van der Waals surface area contributed by atoms with Crippen LogP contribution in [0.3, 0.4) is 0 Å². The number of hydrogen-bond donors (Lipinski definition) is 0. The number of fused-ring (bicyclic) bond motifs is 1. The fraction of sp³-hybridized carbons (Fsp3) is 0.367. The van der Waals surface area contributed by atoms with Crippen LogP contribution in [0.5, 0.6) is 17.2 Å². The average molecular weight is 664 g/mol. The van der Waals surface area contributed by atoms with Crippen LogP contribution in [-0.4, -0.2) is 37.5 Å². The molecule has 1 atom stereocenters. The fourth-order valence-corrected chi connectivity index (χ4v) is 6.46. The van der Waals surface area contributed by atoms with Gasteiger partial charge < -0.3 is 18.9 Å². The van der Waals surface area contributed by atoms with Crippen molar-refractivity contribution in [2.45, 2.75) is 52.7 Å². The maximum Gasteiger partial charge on any atom is 0.338 e. The number of aromatic nitrogens is 1. The number of carbonyl (C=O) groups is 1. The molecule has 0 saturated carbocycles. The Hall–Kier alpha value is -3.08. The van der Waals surface area contributed by atoms with Crippen LogP contribution in [0, 0.1) is 0 Å². The normalized spacial score (nSPS) is 15.0. The van der Waals surface area contributed by atoms with Crippen LogP contribution in [0.4, 0.5) is 0 Å². The fourth-order valence-electron chi connectivity index (χ4n) is 4.61. The van der Waals surface area contributed by atoms with Crippen molar-refractivity contribution < 1.29 is 23.7 Å². The highest BCUT2D eigenvalue weighted by molar-refractivity contribution is 9.10. The molecule has 0 bridgehead atoms. The minimum atomic E-state index is -0.740. The molecule has 1 aromatic heterocycles. The Morgan fingerprint density at radius 3 is 2.51 bits per heavy atom. The molecule has 0 aliphatic carbocycles. The number of carbonyl (C=O) groups excluding carboxylic acids is 1. The molecule has 2 heterocycles. The molecule has 0 amide bonds. The number of hydrogen-bond acceptors (Lipinski definition) is 8. The average Bonchev–Trinajstić information content (AvgIpc) is 3.23. The van der Waals surface area contributed by atoms with E-state index in [-0.39, 0.29) is 18.3 Å². The van der Waals surface area contributed by atoms with E-state index < -0.39 is 12.0 Å². The summed E-state index contributed by atoms with van der Waals surface area (Å²) in [6, 6.07) is 8.25. The zero-order valence-corrected chi connectivity index (χ0v) is 26.9. The Kier molecular flexibility index (Phi) is 9.99. The number of allylic oxidation sites excluding steroid dienone is 1. The van der Waals surface area contributed by atoms with Crippen molar-refractivity contribution in [3.8, 4) is 17.2 Å².